The van der Waals surface area contributed by atoms with E-state index in [2.05, 4.69) is 20.6 Å². The van der Waals surface area contributed by atoms with Crippen molar-refractivity contribution in [2.24, 2.45) is 0 Å². The van der Waals surface area contributed by atoms with Gasteiger partial charge >= 0.3 is 0 Å². The molecule has 0 aliphatic heterocycles. The summed E-state index contributed by atoms with van der Waals surface area (Å²) in [6.45, 7) is 0. The first-order valence-corrected chi connectivity index (χ1v) is 10.9. The van der Waals surface area contributed by atoms with E-state index in [1.54, 1.807) is 53.9 Å². The number of thiophene rings is 1. The van der Waals surface area contributed by atoms with Crippen molar-refractivity contribution in [1.82, 2.24) is 20.6 Å². The fourth-order valence-electron chi connectivity index (χ4n) is 2.59. The molecule has 2 aromatic carbocycles. The molecule has 0 spiro atoms. The lowest BCUT2D eigenvalue weighted by molar-refractivity contribution is 0.598. The Morgan fingerprint density at radius 1 is 0.964 bits per heavy atom. The van der Waals surface area contributed by atoms with E-state index >= 15 is 0 Å². The smallest absolute Gasteiger partial charge is 0.234 e. The molecule has 2 heterocycles. The number of aromatic nitrogens is 4. The highest BCUT2D eigenvalue weighted by molar-refractivity contribution is 7.95. The Hall–Kier alpha value is -2.46. The Bertz CT molecular complexity index is 1210. The van der Waals surface area contributed by atoms with Crippen molar-refractivity contribution in [3.8, 4) is 11.4 Å². The monoisotopic (exact) mass is 451 g/mol. The molecular weight excluding hydrogens is 441 g/mol. The van der Waals surface area contributed by atoms with Crippen LogP contribution in [0.5, 0.6) is 0 Å². The topological polar surface area (TPSA) is 91.8 Å². The fourth-order valence-corrected chi connectivity index (χ4v) is 5.42. The highest BCUT2D eigenvalue weighted by atomic mass is 35.5. The zero-order chi connectivity index (χ0) is 19.7. The van der Waals surface area contributed by atoms with Crippen LogP contribution in [-0.2, 0) is 10.0 Å². The van der Waals surface area contributed by atoms with Crippen LogP contribution in [0.3, 0.4) is 0 Å². The molecule has 142 valence electrons. The number of H-pyrrole nitrogens is 1. The van der Waals surface area contributed by atoms with Crippen LogP contribution in [0.25, 0.3) is 11.4 Å². The first-order valence-electron chi connectivity index (χ1n) is 7.84. The van der Waals surface area contributed by atoms with E-state index in [4.69, 9.17) is 23.2 Å². The number of sulfonamides is 1. The summed E-state index contributed by atoms with van der Waals surface area (Å²) in [4.78, 5) is 0. The number of nitrogens with one attached hydrogen (secondary N) is 1. The average molecular weight is 452 g/mol. The Balaban J connectivity index is 1.91. The highest BCUT2D eigenvalue weighted by Crippen LogP contribution is 2.37. The van der Waals surface area contributed by atoms with Crippen LogP contribution in [-0.4, -0.2) is 29.0 Å². The molecule has 0 bridgehead atoms. The minimum absolute atomic E-state index is 0.198. The van der Waals surface area contributed by atoms with E-state index in [1.165, 1.54) is 10.4 Å². The number of hydrogen-bond acceptors (Lipinski definition) is 6. The van der Waals surface area contributed by atoms with E-state index in [9.17, 15) is 8.42 Å². The average Bonchev–Trinajstić information content (AvgIpc) is 3.39. The highest BCUT2D eigenvalue weighted by Gasteiger charge is 2.28. The van der Waals surface area contributed by atoms with Crippen LogP contribution in [0.1, 0.15) is 0 Å². The van der Waals surface area contributed by atoms with Gasteiger partial charge in [0.2, 0.25) is 5.82 Å². The van der Waals surface area contributed by atoms with Crippen molar-refractivity contribution in [3.05, 3.63) is 70.0 Å². The van der Waals surface area contributed by atoms with Crippen molar-refractivity contribution in [2.45, 2.75) is 4.21 Å². The molecule has 0 fully saturated rings. The number of benzene rings is 2. The van der Waals surface area contributed by atoms with Gasteiger partial charge in [0.25, 0.3) is 10.0 Å². The maximum atomic E-state index is 13.4. The van der Waals surface area contributed by atoms with Crippen LogP contribution in [0.4, 0.5) is 11.4 Å². The minimum atomic E-state index is -3.89. The van der Waals surface area contributed by atoms with E-state index < -0.39 is 10.0 Å². The van der Waals surface area contributed by atoms with Crippen molar-refractivity contribution >= 4 is 55.9 Å². The zero-order valence-corrected chi connectivity index (χ0v) is 17.1. The molecular formula is C17H11Cl2N5O2S2. The summed E-state index contributed by atoms with van der Waals surface area (Å²) < 4.78 is 28.2. The molecule has 28 heavy (non-hydrogen) atoms. The predicted octanol–water partition coefficient (Wildman–Crippen LogP) is 4.76. The molecule has 7 nitrogen and oxygen atoms in total. The Morgan fingerprint density at radius 3 is 2.46 bits per heavy atom. The normalized spacial score (nSPS) is 11.5. The van der Waals surface area contributed by atoms with Gasteiger partial charge in [0.05, 0.1) is 21.4 Å². The maximum Gasteiger partial charge on any atom is 0.278 e. The van der Waals surface area contributed by atoms with Crippen LogP contribution in [0, 0.1) is 0 Å². The van der Waals surface area contributed by atoms with Gasteiger partial charge in [-0.3, -0.25) is 0 Å². The quantitative estimate of drug-likeness (QED) is 0.471. The number of tetrazole rings is 1. The molecule has 0 saturated heterocycles. The summed E-state index contributed by atoms with van der Waals surface area (Å²) in [6.07, 6.45) is 0. The minimum Gasteiger partial charge on any atom is -0.234 e. The van der Waals surface area contributed by atoms with E-state index in [0.29, 0.717) is 27.8 Å². The summed E-state index contributed by atoms with van der Waals surface area (Å²) in [5.41, 5.74) is 1.36. The van der Waals surface area contributed by atoms with Crippen molar-refractivity contribution in [1.29, 1.82) is 0 Å². The summed E-state index contributed by atoms with van der Waals surface area (Å²) in [7, 11) is -3.89. The van der Waals surface area contributed by atoms with Crippen LogP contribution >= 0.6 is 34.5 Å². The third kappa shape index (κ3) is 3.49. The SMILES string of the molecule is O=S(=O)(c1cccs1)N(c1cccc(-c2nn[nH]n2)c1)c1ccc(Cl)c(Cl)c1. The maximum absolute atomic E-state index is 13.4. The third-order valence-corrected chi connectivity index (χ3v) is 7.68. The van der Waals surface area contributed by atoms with Crippen LogP contribution < -0.4 is 4.31 Å². The molecule has 0 radical (unpaired) electrons. The molecule has 0 amide bonds. The van der Waals surface area contributed by atoms with Gasteiger partial charge in [0, 0.05) is 5.56 Å². The summed E-state index contributed by atoms with van der Waals surface area (Å²) in [5, 5.41) is 16.1. The van der Waals surface area contributed by atoms with Crippen LogP contribution in [0.15, 0.2) is 64.2 Å². The predicted molar refractivity (Wildman–Crippen MR) is 110 cm³/mol. The van der Waals surface area contributed by atoms with Gasteiger partial charge < -0.3 is 0 Å². The molecule has 11 heteroatoms. The molecule has 0 aliphatic carbocycles. The number of halogens is 2. The summed E-state index contributed by atoms with van der Waals surface area (Å²) in [5.74, 6) is 0.351. The van der Waals surface area contributed by atoms with E-state index in [-0.39, 0.29) is 9.23 Å². The van der Waals surface area contributed by atoms with E-state index in [0.717, 1.165) is 11.3 Å². The van der Waals surface area contributed by atoms with Gasteiger partial charge in [-0.1, -0.05) is 41.4 Å². The molecule has 4 rings (SSSR count). The Labute approximate surface area is 174 Å². The molecule has 0 saturated carbocycles. The van der Waals surface area contributed by atoms with Gasteiger partial charge in [-0.05, 0) is 47.0 Å². The summed E-state index contributed by atoms with van der Waals surface area (Å²) in [6, 6.07) is 14.7. The number of anilines is 2. The van der Waals surface area contributed by atoms with Gasteiger partial charge in [0.15, 0.2) is 0 Å². The number of hydrogen-bond donors (Lipinski definition) is 1. The molecule has 2 aromatic heterocycles. The second-order valence-electron chi connectivity index (χ2n) is 5.59. The Morgan fingerprint density at radius 2 is 1.79 bits per heavy atom. The van der Waals surface area contributed by atoms with E-state index in [1.807, 2.05) is 0 Å². The van der Waals surface area contributed by atoms with Gasteiger partial charge in [-0.2, -0.15) is 13.6 Å². The molecule has 1 N–H and O–H groups in total. The molecule has 0 unspecified atom stereocenters. The summed E-state index contributed by atoms with van der Waals surface area (Å²) >= 11 is 13.3. The first kappa shape index (κ1) is 18.9. The molecule has 4 aromatic rings. The van der Waals surface area contributed by atoms with Crippen molar-refractivity contribution in [2.75, 3.05) is 4.31 Å². The number of aromatic amines is 1. The third-order valence-electron chi connectivity index (χ3n) is 3.81. The van der Waals surface area contributed by atoms with Gasteiger partial charge in [0.1, 0.15) is 4.21 Å². The fraction of sp³-hybridized carbons (Fsp3) is 0. The Kier molecular flexibility index (Phi) is 5.07. The zero-order valence-electron chi connectivity index (χ0n) is 14.0. The lowest BCUT2D eigenvalue weighted by atomic mass is 10.2. The first-order chi connectivity index (χ1) is 13.5. The lowest BCUT2D eigenvalue weighted by Gasteiger charge is -2.24. The van der Waals surface area contributed by atoms with Gasteiger partial charge in [-0.15, -0.1) is 21.5 Å². The number of rotatable bonds is 5. The largest absolute Gasteiger partial charge is 0.278 e. The molecule has 0 atom stereocenters. The van der Waals surface area contributed by atoms with Gasteiger partial charge in [-0.25, -0.2) is 4.31 Å². The van der Waals surface area contributed by atoms with Crippen molar-refractivity contribution in [3.63, 3.8) is 0 Å². The molecule has 0 aliphatic rings. The van der Waals surface area contributed by atoms with Crippen molar-refractivity contribution < 1.29 is 8.42 Å². The second-order valence-corrected chi connectivity index (χ2v) is 9.36. The second kappa shape index (κ2) is 7.51. The lowest BCUT2D eigenvalue weighted by Crippen LogP contribution is -2.25. The van der Waals surface area contributed by atoms with Crippen LogP contribution in [0.2, 0.25) is 10.0 Å². The standard InChI is InChI=1S/C17H11Cl2N5O2S2/c18-14-7-6-13(10-15(14)19)24(28(25,26)16-5-2-8-27-16)12-4-1-3-11(9-12)17-20-22-23-21-17/h1-10H,(H,20,21,22,23). The number of nitrogens with zero attached hydrogens (tertiary/aromatic N) is 4.